The minimum absolute atomic E-state index is 0.445. The first-order valence-corrected chi connectivity index (χ1v) is 7.16. The van der Waals surface area contributed by atoms with Crippen molar-refractivity contribution >= 4 is 34.2 Å². The lowest BCUT2D eigenvalue weighted by Crippen LogP contribution is -2.05. The van der Waals surface area contributed by atoms with Crippen LogP contribution in [-0.4, -0.2) is 24.2 Å². The van der Waals surface area contributed by atoms with E-state index in [1.807, 2.05) is 30.3 Å². The maximum Gasteiger partial charge on any atom is 0.227 e. The Labute approximate surface area is 131 Å². The minimum Gasteiger partial charge on any atom is -0.378 e. The number of nitrogens with one attached hydrogen (secondary N) is 1. The standard InChI is InChI=1S/C14H16IN3O2/c1-19-8-12-7-13(9-20-2)18-14(17-12)16-11-5-3-10(15)4-6-11/h3-7H,8-9H2,1-2H3,(H,16,17,18). The van der Waals surface area contributed by atoms with Crippen LogP contribution in [0.15, 0.2) is 30.3 Å². The second kappa shape index (κ2) is 7.51. The van der Waals surface area contributed by atoms with Crippen LogP contribution < -0.4 is 5.32 Å². The molecule has 0 aliphatic rings. The molecule has 1 N–H and O–H groups in total. The van der Waals surface area contributed by atoms with E-state index in [0.29, 0.717) is 19.2 Å². The summed E-state index contributed by atoms with van der Waals surface area (Å²) in [6.45, 7) is 0.890. The van der Waals surface area contributed by atoms with Gasteiger partial charge in [-0.15, -0.1) is 0 Å². The third kappa shape index (κ3) is 4.39. The lowest BCUT2D eigenvalue weighted by atomic mass is 10.3. The van der Waals surface area contributed by atoms with Gasteiger partial charge >= 0.3 is 0 Å². The van der Waals surface area contributed by atoms with Crippen molar-refractivity contribution in [3.63, 3.8) is 0 Å². The Hall–Kier alpha value is -1.25. The van der Waals surface area contributed by atoms with Crippen molar-refractivity contribution in [1.82, 2.24) is 9.97 Å². The zero-order valence-electron chi connectivity index (χ0n) is 11.4. The van der Waals surface area contributed by atoms with Gasteiger partial charge in [0.1, 0.15) is 0 Å². The summed E-state index contributed by atoms with van der Waals surface area (Å²) in [5, 5.41) is 3.19. The molecule has 5 nitrogen and oxygen atoms in total. The second-order valence-corrected chi connectivity index (χ2v) is 5.42. The van der Waals surface area contributed by atoms with Crippen LogP contribution in [0.5, 0.6) is 0 Å². The highest BCUT2D eigenvalue weighted by Crippen LogP contribution is 2.16. The smallest absolute Gasteiger partial charge is 0.227 e. The summed E-state index contributed by atoms with van der Waals surface area (Å²) in [6, 6.07) is 9.91. The van der Waals surface area contributed by atoms with Crippen molar-refractivity contribution in [1.29, 1.82) is 0 Å². The number of hydrogen-bond donors (Lipinski definition) is 1. The fourth-order valence-electron chi connectivity index (χ4n) is 1.72. The van der Waals surface area contributed by atoms with Crippen LogP contribution in [0, 0.1) is 3.57 Å². The van der Waals surface area contributed by atoms with Crippen LogP contribution in [0.2, 0.25) is 0 Å². The average Bonchev–Trinajstić information content (AvgIpc) is 2.42. The maximum absolute atomic E-state index is 5.12. The number of hydrogen-bond acceptors (Lipinski definition) is 5. The molecular formula is C14H16IN3O2. The van der Waals surface area contributed by atoms with Gasteiger partial charge in [0, 0.05) is 23.5 Å². The van der Waals surface area contributed by atoms with E-state index in [9.17, 15) is 0 Å². The molecule has 0 radical (unpaired) electrons. The third-order valence-electron chi connectivity index (χ3n) is 2.52. The molecule has 0 bridgehead atoms. The van der Waals surface area contributed by atoms with Gasteiger partial charge in [0.2, 0.25) is 5.95 Å². The van der Waals surface area contributed by atoms with Gasteiger partial charge in [0.05, 0.1) is 24.6 Å². The fraction of sp³-hybridized carbons (Fsp3) is 0.286. The third-order valence-corrected chi connectivity index (χ3v) is 3.24. The number of rotatable bonds is 6. The molecule has 2 aromatic rings. The molecule has 0 atom stereocenters. The molecule has 1 heterocycles. The van der Waals surface area contributed by atoms with Crippen LogP contribution in [0.1, 0.15) is 11.4 Å². The SMILES string of the molecule is COCc1cc(COC)nc(Nc2ccc(I)cc2)n1. The number of aromatic nitrogens is 2. The van der Waals surface area contributed by atoms with E-state index in [4.69, 9.17) is 9.47 Å². The summed E-state index contributed by atoms with van der Waals surface area (Å²) < 4.78 is 11.4. The Bertz CT molecular complexity index is 537. The lowest BCUT2D eigenvalue weighted by Gasteiger charge is -2.09. The average molecular weight is 385 g/mol. The monoisotopic (exact) mass is 385 g/mol. The topological polar surface area (TPSA) is 56.3 Å². The van der Waals surface area contributed by atoms with E-state index in [1.165, 1.54) is 3.57 Å². The number of ether oxygens (including phenoxy) is 2. The molecule has 0 aliphatic heterocycles. The lowest BCUT2D eigenvalue weighted by molar-refractivity contribution is 0.175. The quantitative estimate of drug-likeness (QED) is 0.775. The van der Waals surface area contributed by atoms with Gasteiger partial charge in [0.25, 0.3) is 0 Å². The van der Waals surface area contributed by atoms with Crippen LogP contribution in [0.4, 0.5) is 11.6 Å². The number of benzene rings is 1. The van der Waals surface area contributed by atoms with E-state index in [1.54, 1.807) is 14.2 Å². The second-order valence-electron chi connectivity index (χ2n) is 4.17. The molecule has 0 spiro atoms. The molecular weight excluding hydrogens is 369 g/mol. The number of anilines is 2. The molecule has 0 fully saturated rings. The fourth-order valence-corrected chi connectivity index (χ4v) is 2.08. The normalized spacial score (nSPS) is 10.6. The summed E-state index contributed by atoms with van der Waals surface area (Å²) in [6.07, 6.45) is 0. The zero-order valence-corrected chi connectivity index (χ0v) is 13.5. The molecule has 2 rings (SSSR count). The Morgan fingerprint density at radius 3 is 2.05 bits per heavy atom. The Balaban J connectivity index is 2.22. The molecule has 0 amide bonds. The maximum atomic E-state index is 5.12. The molecule has 6 heteroatoms. The van der Waals surface area contributed by atoms with Gasteiger partial charge < -0.3 is 14.8 Å². The van der Waals surface area contributed by atoms with Crippen LogP contribution in [0.3, 0.4) is 0 Å². The van der Waals surface area contributed by atoms with E-state index < -0.39 is 0 Å². The highest BCUT2D eigenvalue weighted by atomic mass is 127. The Morgan fingerprint density at radius 2 is 1.55 bits per heavy atom. The van der Waals surface area contributed by atoms with Crippen molar-refractivity contribution in [2.24, 2.45) is 0 Å². The van der Waals surface area contributed by atoms with Gasteiger partial charge in [-0.25, -0.2) is 9.97 Å². The predicted octanol–water partition coefficient (Wildman–Crippen LogP) is 3.12. The van der Waals surface area contributed by atoms with E-state index in [2.05, 4.69) is 37.9 Å². The number of methoxy groups -OCH3 is 2. The molecule has 106 valence electrons. The summed E-state index contributed by atoms with van der Waals surface area (Å²) in [5.74, 6) is 0.549. The Kier molecular flexibility index (Phi) is 5.69. The van der Waals surface area contributed by atoms with Crippen LogP contribution in [0.25, 0.3) is 0 Å². The molecule has 0 saturated heterocycles. The van der Waals surface area contributed by atoms with Crippen molar-refractivity contribution < 1.29 is 9.47 Å². The van der Waals surface area contributed by atoms with Crippen molar-refractivity contribution in [2.75, 3.05) is 19.5 Å². The highest BCUT2D eigenvalue weighted by molar-refractivity contribution is 14.1. The molecule has 1 aromatic carbocycles. The molecule has 0 unspecified atom stereocenters. The van der Waals surface area contributed by atoms with Crippen molar-refractivity contribution in [2.45, 2.75) is 13.2 Å². The minimum atomic E-state index is 0.445. The molecule has 1 aromatic heterocycles. The largest absolute Gasteiger partial charge is 0.378 e. The van der Waals surface area contributed by atoms with E-state index in [0.717, 1.165) is 17.1 Å². The number of halogens is 1. The van der Waals surface area contributed by atoms with Crippen LogP contribution in [-0.2, 0) is 22.7 Å². The van der Waals surface area contributed by atoms with Gasteiger partial charge in [-0.1, -0.05) is 0 Å². The number of nitrogens with zero attached hydrogens (tertiary/aromatic N) is 2. The van der Waals surface area contributed by atoms with Gasteiger partial charge in [-0.05, 0) is 52.9 Å². The van der Waals surface area contributed by atoms with E-state index in [-0.39, 0.29) is 0 Å². The summed E-state index contributed by atoms with van der Waals surface area (Å²) >= 11 is 2.27. The van der Waals surface area contributed by atoms with E-state index >= 15 is 0 Å². The predicted molar refractivity (Wildman–Crippen MR) is 85.9 cm³/mol. The van der Waals surface area contributed by atoms with Gasteiger partial charge in [0.15, 0.2) is 0 Å². The summed E-state index contributed by atoms with van der Waals surface area (Å²) in [7, 11) is 3.29. The summed E-state index contributed by atoms with van der Waals surface area (Å²) in [5.41, 5.74) is 2.59. The first kappa shape index (κ1) is 15.1. The van der Waals surface area contributed by atoms with Crippen molar-refractivity contribution in [3.05, 3.63) is 45.3 Å². The molecule has 0 aliphatic carbocycles. The zero-order chi connectivity index (χ0) is 14.4. The highest BCUT2D eigenvalue weighted by Gasteiger charge is 2.05. The van der Waals surface area contributed by atoms with Crippen molar-refractivity contribution in [3.8, 4) is 0 Å². The Morgan fingerprint density at radius 1 is 1.00 bits per heavy atom. The van der Waals surface area contributed by atoms with Crippen LogP contribution >= 0.6 is 22.6 Å². The summed E-state index contributed by atoms with van der Waals surface area (Å²) in [4.78, 5) is 8.84. The van der Waals surface area contributed by atoms with Gasteiger partial charge in [-0.3, -0.25) is 0 Å². The first-order valence-electron chi connectivity index (χ1n) is 6.08. The van der Waals surface area contributed by atoms with Gasteiger partial charge in [-0.2, -0.15) is 0 Å². The first-order chi connectivity index (χ1) is 9.71. The molecule has 20 heavy (non-hydrogen) atoms. The molecule has 0 saturated carbocycles.